The predicted molar refractivity (Wildman–Crippen MR) is 117 cm³/mol. The summed E-state index contributed by atoms with van der Waals surface area (Å²) in [5.74, 6) is -1.44. The first-order valence-corrected chi connectivity index (χ1v) is 9.81. The summed E-state index contributed by atoms with van der Waals surface area (Å²) in [6.07, 6.45) is 8.13. The van der Waals surface area contributed by atoms with Crippen LogP contribution in [-0.4, -0.2) is 45.3 Å². The molecule has 0 aliphatic carbocycles. The van der Waals surface area contributed by atoms with Gasteiger partial charge in [-0.1, -0.05) is 12.1 Å². The summed E-state index contributed by atoms with van der Waals surface area (Å²) in [6.45, 7) is 1.00. The van der Waals surface area contributed by atoms with Crippen molar-refractivity contribution in [2.45, 2.75) is 19.3 Å². The average Bonchev–Trinajstić information content (AvgIpc) is 2.74. The Morgan fingerprint density at radius 3 is 1.45 bits per heavy atom. The molecule has 0 saturated heterocycles. The van der Waals surface area contributed by atoms with E-state index in [0.717, 1.165) is 19.3 Å². The average molecular weight is 426 g/mol. The fraction of sp³-hybridized carbons (Fsp3) is 0.217. The molecule has 2 aromatic carbocycles. The van der Waals surface area contributed by atoms with Gasteiger partial charge in [0.25, 0.3) is 0 Å². The monoisotopic (exact) mass is 426 g/mol. The van der Waals surface area contributed by atoms with Gasteiger partial charge in [0.2, 0.25) is 11.8 Å². The third-order valence-electron chi connectivity index (χ3n) is 4.31. The number of carbonyl (C=O) groups is 2. The van der Waals surface area contributed by atoms with E-state index in [1.165, 1.54) is 48.6 Å². The molecule has 0 unspecified atom stereocenters. The number of nitrogens with one attached hydrogen (secondary N) is 2. The molecule has 0 radical (unpaired) electrons. The van der Waals surface area contributed by atoms with Crippen LogP contribution in [0.1, 0.15) is 30.4 Å². The van der Waals surface area contributed by atoms with Gasteiger partial charge in [0.1, 0.15) is 0 Å². The van der Waals surface area contributed by atoms with E-state index in [9.17, 15) is 30.0 Å². The molecule has 0 fully saturated rings. The summed E-state index contributed by atoms with van der Waals surface area (Å²) in [4.78, 5) is 23.5. The number of aromatic hydroxyl groups is 4. The third kappa shape index (κ3) is 8.53. The number of phenolic OH excluding ortho intramolecular Hbond substituents is 4. The van der Waals surface area contributed by atoms with Gasteiger partial charge in [0.05, 0.1) is 0 Å². The van der Waals surface area contributed by atoms with Gasteiger partial charge in [-0.3, -0.25) is 9.59 Å². The Morgan fingerprint density at radius 1 is 0.645 bits per heavy atom. The van der Waals surface area contributed by atoms with Gasteiger partial charge in [0, 0.05) is 25.2 Å². The normalized spacial score (nSPS) is 11.1. The van der Waals surface area contributed by atoms with Crippen LogP contribution in [0.15, 0.2) is 48.6 Å². The van der Waals surface area contributed by atoms with E-state index >= 15 is 0 Å². The number of hydrogen-bond acceptors (Lipinski definition) is 6. The summed E-state index contributed by atoms with van der Waals surface area (Å²) < 4.78 is 0. The maximum Gasteiger partial charge on any atom is 0.243 e. The second-order valence-electron chi connectivity index (χ2n) is 6.81. The van der Waals surface area contributed by atoms with Gasteiger partial charge in [-0.15, -0.1) is 0 Å². The lowest BCUT2D eigenvalue weighted by Crippen LogP contribution is -2.23. The van der Waals surface area contributed by atoms with Gasteiger partial charge >= 0.3 is 0 Å². The molecular weight excluding hydrogens is 400 g/mol. The van der Waals surface area contributed by atoms with Crippen molar-refractivity contribution in [3.63, 3.8) is 0 Å². The summed E-state index contributed by atoms with van der Waals surface area (Å²) in [6, 6.07) is 8.57. The van der Waals surface area contributed by atoms with Crippen LogP contribution in [0.4, 0.5) is 0 Å². The molecule has 0 atom stereocenters. The molecule has 0 aromatic heterocycles. The number of phenols is 4. The molecular formula is C23H26N2O6. The molecule has 6 N–H and O–H groups in total. The Hall–Kier alpha value is -3.94. The zero-order chi connectivity index (χ0) is 22.6. The number of carbonyl (C=O) groups excluding carboxylic acids is 2. The number of hydrogen-bond donors (Lipinski definition) is 6. The molecule has 8 heteroatoms. The Labute approximate surface area is 180 Å². The van der Waals surface area contributed by atoms with E-state index in [0.29, 0.717) is 24.2 Å². The van der Waals surface area contributed by atoms with E-state index < -0.39 is 0 Å². The van der Waals surface area contributed by atoms with Crippen LogP contribution in [0.25, 0.3) is 12.2 Å². The SMILES string of the molecule is O=C(/C=C/c1ccc(O)c(O)c1)NCCCCCNC(=O)/C=C/c1ccc(O)c(O)c1. The van der Waals surface area contributed by atoms with Crippen molar-refractivity contribution in [2.24, 2.45) is 0 Å². The summed E-state index contributed by atoms with van der Waals surface area (Å²) in [5.41, 5.74) is 1.19. The van der Waals surface area contributed by atoms with Crippen molar-refractivity contribution in [3.8, 4) is 23.0 Å². The van der Waals surface area contributed by atoms with E-state index in [4.69, 9.17) is 0 Å². The van der Waals surface area contributed by atoms with Crippen molar-refractivity contribution >= 4 is 24.0 Å². The van der Waals surface area contributed by atoms with Crippen LogP contribution >= 0.6 is 0 Å². The third-order valence-corrected chi connectivity index (χ3v) is 4.31. The highest BCUT2D eigenvalue weighted by Gasteiger charge is 2.01. The van der Waals surface area contributed by atoms with Crippen molar-refractivity contribution in [1.82, 2.24) is 10.6 Å². The number of rotatable bonds is 10. The first-order valence-electron chi connectivity index (χ1n) is 9.81. The molecule has 8 nitrogen and oxygen atoms in total. The molecule has 0 bridgehead atoms. The molecule has 0 saturated carbocycles. The first-order chi connectivity index (χ1) is 14.8. The fourth-order valence-electron chi connectivity index (χ4n) is 2.60. The molecule has 164 valence electrons. The summed E-state index contributed by atoms with van der Waals surface area (Å²) in [7, 11) is 0. The quantitative estimate of drug-likeness (QED) is 0.196. The molecule has 0 heterocycles. The molecule has 0 aliphatic heterocycles. The Balaban J connectivity index is 1.56. The maximum absolute atomic E-state index is 11.8. The standard InChI is InChI=1S/C23H26N2O6/c26-18-8-4-16(14-20(18)28)6-10-22(30)24-12-2-1-3-13-25-23(31)11-7-17-5-9-19(27)21(29)15-17/h4-11,14-15,26-29H,1-3,12-13H2,(H,24,30)(H,25,31)/b10-6+,11-7+. The van der Waals surface area contributed by atoms with Crippen molar-refractivity contribution in [1.29, 1.82) is 0 Å². The van der Waals surface area contributed by atoms with Gasteiger partial charge < -0.3 is 31.1 Å². The predicted octanol–water partition coefficient (Wildman–Crippen LogP) is 2.64. The van der Waals surface area contributed by atoms with Crippen LogP contribution in [-0.2, 0) is 9.59 Å². The highest BCUT2D eigenvalue weighted by Crippen LogP contribution is 2.26. The second kappa shape index (κ2) is 11.9. The van der Waals surface area contributed by atoms with Crippen molar-refractivity contribution in [2.75, 3.05) is 13.1 Å². The first kappa shape index (κ1) is 23.3. The Bertz CT molecular complexity index is 891. The lowest BCUT2D eigenvalue weighted by molar-refractivity contribution is -0.117. The van der Waals surface area contributed by atoms with Gasteiger partial charge in [-0.05, 0) is 66.8 Å². The van der Waals surface area contributed by atoms with Gasteiger partial charge in [-0.25, -0.2) is 0 Å². The topological polar surface area (TPSA) is 139 Å². The molecule has 0 spiro atoms. The van der Waals surface area contributed by atoms with E-state index in [1.807, 2.05) is 0 Å². The minimum Gasteiger partial charge on any atom is -0.504 e. The Morgan fingerprint density at radius 2 is 1.06 bits per heavy atom. The highest BCUT2D eigenvalue weighted by atomic mass is 16.3. The molecule has 2 aromatic rings. The van der Waals surface area contributed by atoms with E-state index in [2.05, 4.69) is 10.6 Å². The van der Waals surface area contributed by atoms with Gasteiger partial charge in [0.15, 0.2) is 23.0 Å². The lowest BCUT2D eigenvalue weighted by atomic mass is 10.2. The molecule has 0 aliphatic rings. The lowest BCUT2D eigenvalue weighted by Gasteiger charge is -2.04. The summed E-state index contributed by atoms with van der Waals surface area (Å²) in [5, 5.41) is 42.8. The maximum atomic E-state index is 11.8. The number of benzene rings is 2. The van der Waals surface area contributed by atoms with Crippen LogP contribution in [0.3, 0.4) is 0 Å². The van der Waals surface area contributed by atoms with Crippen LogP contribution in [0.5, 0.6) is 23.0 Å². The van der Waals surface area contributed by atoms with Crippen molar-refractivity contribution < 1.29 is 30.0 Å². The summed E-state index contributed by atoms with van der Waals surface area (Å²) >= 11 is 0. The Kier molecular flexibility index (Phi) is 8.97. The minimum atomic E-state index is -0.258. The molecule has 2 rings (SSSR count). The molecule has 31 heavy (non-hydrogen) atoms. The van der Waals surface area contributed by atoms with E-state index in [-0.39, 0.29) is 34.8 Å². The number of unbranched alkanes of at least 4 members (excludes halogenated alkanes) is 2. The highest BCUT2D eigenvalue weighted by molar-refractivity contribution is 5.92. The fourth-order valence-corrected chi connectivity index (χ4v) is 2.60. The zero-order valence-corrected chi connectivity index (χ0v) is 16.9. The second-order valence-corrected chi connectivity index (χ2v) is 6.81. The van der Waals surface area contributed by atoms with Crippen LogP contribution in [0, 0.1) is 0 Å². The van der Waals surface area contributed by atoms with Crippen LogP contribution < -0.4 is 10.6 Å². The van der Waals surface area contributed by atoms with E-state index in [1.54, 1.807) is 12.1 Å². The van der Waals surface area contributed by atoms with Gasteiger partial charge in [-0.2, -0.15) is 0 Å². The molecule has 2 amide bonds. The number of amides is 2. The smallest absolute Gasteiger partial charge is 0.243 e. The largest absolute Gasteiger partial charge is 0.504 e. The van der Waals surface area contributed by atoms with Crippen molar-refractivity contribution in [3.05, 3.63) is 59.7 Å². The minimum absolute atomic E-state index is 0.216. The zero-order valence-electron chi connectivity index (χ0n) is 16.9. The van der Waals surface area contributed by atoms with Crippen LogP contribution in [0.2, 0.25) is 0 Å².